The molecule has 1 aliphatic rings. The first kappa shape index (κ1) is 9.37. The highest BCUT2D eigenvalue weighted by Crippen LogP contribution is 2.34. The van der Waals surface area contributed by atoms with Crippen molar-refractivity contribution >= 4 is 15.9 Å². The molecule has 0 spiro atoms. The number of ether oxygens (including phenoxy) is 1. The Morgan fingerprint density at radius 3 is 2.09 bits per heavy atom. The number of aliphatic hydroxyl groups is 4. The molecule has 11 heavy (non-hydrogen) atoms. The van der Waals surface area contributed by atoms with Crippen LogP contribution in [0.15, 0.2) is 0 Å². The van der Waals surface area contributed by atoms with E-state index < -0.39 is 29.6 Å². The van der Waals surface area contributed by atoms with Gasteiger partial charge in [0.25, 0.3) is 0 Å². The molecule has 0 aromatic carbocycles. The first-order chi connectivity index (χ1) is 5.01. The predicted molar refractivity (Wildman–Crippen MR) is 37.8 cm³/mol. The number of hydrogen-bond acceptors (Lipinski definition) is 5. The second-order valence-corrected chi connectivity index (χ2v) is 3.73. The van der Waals surface area contributed by atoms with Crippen LogP contribution in [0, 0.1) is 0 Å². The first-order valence-corrected chi connectivity index (χ1v) is 3.82. The molecule has 0 unspecified atom stereocenters. The van der Waals surface area contributed by atoms with Gasteiger partial charge in [0, 0.05) is 0 Å². The number of rotatable bonds is 1. The van der Waals surface area contributed by atoms with Gasteiger partial charge in [-0.2, -0.15) is 0 Å². The van der Waals surface area contributed by atoms with Crippen LogP contribution in [0.2, 0.25) is 0 Å². The number of hydrogen-bond donors (Lipinski definition) is 4. The van der Waals surface area contributed by atoms with Crippen molar-refractivity contribution in [1.82, 2.24) is 0 Å². The molecule has 1 aliphatic heterocycles. The van der Waals surface area contributed by atoms with Crippen LogP contribution in [0.4, 0.5) is 0 Å². The van der Waals surface area contributed by atoms with Gasteiger partial charge in [-0.15, -0.1) is 0 Å². The van der Waals surface area contributed by atoms with Crippen LogP contribution in [0.1, 0.15) is 0 Å². The predicted octanol–water partition coefficient (Wildman–Crippen LogP) is -1.86. The lowest BCUT2D eigenvalue weighted by molar-refractivity contribution is -0.140. The monoisotopic (exact) mass is 228 g/mol. The normalized spacial score (nSPS) is 51.5. The summed E-state index contributed by atoms with van der Waals surface area (Å²) in [5.41, 5.74) is 0. The second kappa shape index (κ2) is 2.96. The minimum atomic E-state index is -1.46. The van der Waals surface area contributed by atoms with E-state index in [0.717, 1.165) is 0 Å². The molecule has 0 amide bonds. The maximum Gasteiger partial charge on any atom is 0.185 e. The van der Waals surface area contributed by atoms with Crippen molar-refractivity contribution in [2.24, 2.45) is 0 Å². The Morgan fingerprint density at radius 1 is 1.36 bits per heavy atom. The fourth-order valence-corrected chi connectivity index (χ4v) is 1.34. The van der Waals surface area contributed by atoms with Gasteiger partial charge in [0.2, 0.25) is 0 Å². The molecule has 66 valence electrons. The van der Waals surface area contributed by atoms with Crippen LogP contribution in [-0.2, 0) is 4.74 Å². The Balaban J connectivity index is 2.73. The molecule has 1 heterocycles. The molecule has 1 saturated heterocycles. The molecule has 0 bridgehead atoms. The fourth-order valence-electron chi connectivity index (χ4n) is 0.882. The molecule has 4 N–H and O–H groups in total. The molecule has 0 radical (unpaired) electrons. The average molecular weight is 229 g/mol. The number of aliphatic hydroxyl groups excluding tert-OH is 4. The van der Waals surface area contributed by atoms with E-state index in [4.69, 9.17) is 20.4 Å². The van der Waals surface area contributed by atoms with Gasteiger partial charge in [-0.25, -0.2) is 0 Å². The van der Waals surface area contributed by atoms with Gasteiger partial charge < -0.3 is 25.2 Å². The molecule has 0 aromatic heterocycles. The average Bonchev–Trinajstić information content (AvgIpc) is 2.17. The van der Waals surface area contributed by atoms with E-state index in [9.17, 15) is 0 Å². The molecule has 0 aliphatic carbocycles. The van der Waals surface area contributed by atoms with Crippen LogP contribution in [0.5, 0.6) is 0 Å². The summed E-state index contributed by atoms with van der Waals surface area (Å²) < 4.78 is 3.21. The molecule has 0 saturated carbocycles. The van der Waals surface area contributed by atoms with Gasteiger partial charge in [-0.05, 0) is 15.9 Å². The van der Waals surface area contributed by atoms with E-state index in [1.54, 1.807) is 0 Å². The van der Waals surface area contributed by atoms with Gasteiger partial charge in [0.05, 0.1) is 6.61 Å². The topological polar surface area (TPSA) is 90.2 Å². The Morgan fingerprint density at radius 2 is 1.91 bits per heavy atom. The van der Waals surface area contributed by atoms with E-state index in [0.29, 0.717) is 0 Å². The molecular weight excluding hydrogens is 220 g/mol. The van der Waals surface area contributed by atoms with E-state index in [1.165, 1.54) is 0 Å². The highest BCUT2D eigenvalue weighted by molar-refractivity contribution is 9.10. The first-order valence-electron chi connectivity index (χ1n) is 3.03. The quantitative estimate of drug-likeness (QED) is 0.396. The zero-order valence-corrected chi connectivity index (χ0v) is 7.10. The summed E-state index contributed by atoms with van der Waals surface area (Å²) in [6.45, 7) is -0.526. The highest BCUT2D eigenvalue weighted by Gasteiger charge is 2.52. The summed E-state index contributed by atoms with van der Waals surface area (Å²) >= 11 is 2.85. The van der Waals surface area contributed by atoms with Crippen molar-refractivity contribution in [2.75, 3.05) is 6.61 Å². The molecule has 1 fully saturated rings. The van der Waals surface area contributed by atoms with Crippen LogP contribution >= 0.6 is 15.9 Å². The third kappa shape index (κ3) is 1.42. The van der Waals surface area contributed by atoms with Gasteiger partial charge in [-0.3, -0.25) is 0 Å². The SMILES string of the molecule is OC[C@]1(Br)O[C@@H](O)[C@H](O)[C@@H]1O. The van der Waals surface area contributed by atoms with Crippen molar-refractivity contribution in [3.63, 3.8) is 0 Å². The van der Waals surface area contributed by atoms with Crippen molar-refractivity contribution in [1.29, 1.82) is 0 Å². The van der Waals surface area contributed by atoms with Crippen molar-refractivity contribution < 1.29 is 25.2 Å². The number of alkyl halides is 1. The van der Waals surface area contributed by atoms with Gasteiger partial charge in [0.15, 0.2) is 10.8 Å². The van der Waals surface area contributed by atoms with Crippen LogP contribution in [0.25, 0.3) is 0 Å². The molecule has 6 heteroatoms. The summed E-state index contributed by atoms with van der Waals surface area (Å²) in [5.74, 6) is 0. The van der Waals surface area contributed by atoms with E-state index >= 15 is 0 Å². The van der Waals surface area contributed by atoms with E-state index in [1.807, 2.05) is 0 Å². The summed E-state index contributed by atoms with van der Waals surface area (Å²) in [5, 5.41) is 35.7. The van der Waals surface area contributed by atoms with Crippen LogP contribution < -0.4 is 0 Å². The van der Waals surface area contributed by atoms with Crippen LogP contribution in [-0.4, -0.2) is 50.0 Å². The summed E-state index contributed by atoms with van der Waals surface area (Å²) in [7, 11) is 0. The van der Waals surface area contributed by atoms with Gasteiger partial charge >= 0.3 is 0 Å². The zero-order valence-electron chi connectivity index (χ0n) is 5.51. The highest BCUT2D eigenvalue weighted by atomic mass is 79.9. The fraction of sp³-hybridized carbons (Fsp3) is 1.00. The summed E-state index contributed by atoms with van der Waals surface area (Å²) in [6.07, 6.45) is -4.18. The van der Waals surface area contributed by atoms with E-state index in [2.05, 4.69) is 20.7 Å². The van der Waals surface area contributed by atoms with Gasteiger partial charge in [0.1, 0.15) is 12.2 Å². The minimum absolute atomic E-state index is 0.526. The zero-order chi connectivity index (χ0) is 8.65. The molecular formula is C5H9BrO5. The summed E-state index contributed by atoms with van der Waals surface area (Å²) in [4.78, 5) is 0. The lowest BCUT2D eigenvalue weighted by atomic mass is 10.1. The minimum Gasteiger partial charge on any atom is -0.392 e. The van der Waals surface area contributed by atoms with Crippen molar-refractivity contribution in [3.8, 4) is 0 Å². The van der Waals surface area contributed by atoms with Crippen molar-refractivity contribution in [2.45, 2.75) is 23.0 Å². The Hall–Kier alpha value is 0.280. The second-order valence-electron chi connectivity index (χ2n) is 2.39. The lowest BCUT2D eigenvalue weighted by Gasteiger charge is -2.21. The number of halogens is 1. The maximum atomic E-state index is 9.15. The molecule has 4 atom stereocenters. The third-order valence-electron chi connectivity index (χ3n) is 1.59. The van der Waals surface area contributed by atoms with Crippen LogP contribution in [0.3, 0.4) is 0 Å². The lowest BCUT2D eigenvalue weighted by Crippen LogP contribution is -2.40. The Labute approximate surface area is 71.4 Å². The Kier molecular flexibility index (Phi) is 2.53. The molecule has 5 nitrogen and oxygen atoms in total. The standard InChI is InChI=1S/C5H9BrO5/c6-5(1-7)3(9)2(8)4(10)11-5/h2-4,7-10H,1H2/t2-,3+,4-,5+/m1/s1. The van der Waals surface area contributed by atoms with Crippen molar-refractivity contribution in [3.05, 3.63) is 0 Å². The molecule has 1 rings (SSSR count). The van der Waals surface area contributed by atoms with E-state index in [-0.39, 0.29) is 0 Å². The maximum absolute atomic E-state index is 9.15. The smallest absolute Gasteiger partial charge is 0.185 e. The molecule has 0 aromatic rings. The van der Waals surface area contributed by atoms with Gasteiger partial charge in [-0.1, -0.05) is 0 Å². The third-order valence-corrected chi connectivity index (χ3v) is 2.50. The largest absolute Gasteiger partial charge is 0.392 e. The summed E-state index contributed by atoms with van der Waals surface area (Å²) in [6, 6.07) is 0. The Bertz CT molecular complexity index is 154.